The maximum Gasteiger partial charge on any atom is 0.105 e. The lowest BCUT2D eigenvalue weighted by molar-refractivity contribution is 0.00890. The van der Waals surface area contributed by atoms with Crippen molar-refractivity contribution < 1.29 is 9.47 Å². The zero-order valence-corrected chi connectivity index (χ0v) is 6.80. The molecule has 0 bridgehead atoms. The number of rotatable bonds is 6. The van der Waals surface area contributed by atoms with Crippen LogP contribution in [0.3, 0.4) is 0 Å². The Hall–Kier alpha value is -0.120. The fraction of sp³-hybridized carbons (Fsp3) is 1.00. The van der Waals surface area contributed by atoms with Gasteiger partial charge in [-0.15, -0.1) is 0 Å². The van der Waals surface area contributed by atoms with Crippen LogP contribution in [0.1, 0.15) is 20.3 Å². The van der Waals surface area contributed by atoms with Gasteiger partial charge in [-0.25, -0.2) is 0 Å². The largest absolute Gasteiger partial charge is 0.379 e. The predicted molar refractivity (Wildman–Crippen MR) is 40.7 cm³/mol. The Kier molecular flexibility index (Phi) is 6.91. The first-order chi connectivity index (χ1) is 4.81. The summed E-state index contributed by atoms with van der Waals surface area (Å²) in [5.41, 5.74) is 5.48. The van der Waals surface area contributed by atoms with Gasteiger partial charge in [0.1, 0.15) is 6.23 Å². The smallest absolute Gasteiger partial charge is 0.105 e. The molecule has 0 amide bonds. The third-order valence-corrected chi connectivity index (χ3v) is 1.17. The van der Waals surface area contributed by atoms with Crippen molar-refractivity contribution in [1.29, 1.82) is 0 Å². The highest BCUT2D eigenvalue weighted by Gasteiger charge is 1.95. The zero-order chi connectivity index (χ0) is 7.82. The Bertz CT molecular complexity index is 68.6. The third kappa shape index (κ3) is 6.01. The van der Waals surface area contributed by atoms with E-state index in [0.717, 1.165) is 13.0 Å². The average molecular weight is 147 g/mol. The van der Waals surface area contributed by atoms with E-state index in [1.54, 1.807) is 0 Å². The van der Waals surface area contributed by atoms with Gasteiger partial charge in [-0.2, -0.15) is 0 Å². The van der Waals surface area contributed by atoms with Crippen molar-refractivity contribution >= 4 is 0 Å². The summed E-state index contributed by atoms with van der Waals surface area (Å²) in [6.07, 6.45) is 0.729. The van der Waals surface area contributed by atoms with E-state index in [2.05, 4.69) is 0 Å². The van der Waals surface area contributed by atoms with Crippen LogP contribution < -0.4 is 5.73 Å². The second kappa shape index (κ2) is 6.99. The van der Waals surface area contributed by atoms with Crippen LogP contribution in [0.4, 0.5) is 0 Å². The third-order valence-electron chi connectivity index (χ3n) is 1.17. The minimum absolute atomic E-state index is 0.125. The molecule has 0 heterocycles. The van der Waals surface area contributed by atoms with Gasteiger partial charge in [0.05, 0.1) is 13.2 Å². The van der Waals surface area contributed by atoms with E-state index in [-0.39, 0.29) is 6.23 Å². The number of hydrogen-bond acceptors (Lipinski definition) is 3. The first-order valence-electron chi connectivity index (χ1n) is 3.76. The molecule has 1 unspecified atom stereocenters. The topological polar surface area (TPSA) is 44.5 Å². The van der Waals surface area contributed by atoms with E-state index in [4.69, 9.17) is 15.2 Å². The summed E-state index contributed by atoms with van der Waals surface area (Å²) in [5, 5.41) is 0. The number of ether oxygens (including phenoxy) is 2. The summed E-state index contributed by atoms with van der Waals surface area (Å²) in [5.74, 6) is 0. The van der Waals surface area contributed by atoms with Crippen LogP contribution in [-0.4, -0.2) is 26.0 Å². The normalized spacial score (nSPS) is 13.5. The summed E-state index contributed by atoms with van der Waals surface area (Å²) in [6.45, 7) is 5.93. The fourth-order valence-corrected chi connectivity index (χ4v) is 0.521. The SMILES string of the molecule is CCOCCOC(N)CC. The first-order valence-corrected chi connectivity index (χ1v) is 3.76. The van der Waals surface area contributed by atoms with Crippen LogP contribution in [0.2, 0.25) is 0 Å². The highest BCUT2D eigenvalue weighted by atomic mass is 16.5. The van der Waals surface area contributed by atoms with E-state index in [9.17, 15) is 0 Å². The van der Waals surface area contributed by atoms with Crippen LogP contribution in [0, 0.1) is 0 Å². The van der Waals surface area contributed by atoms with Gasteiger partial charge in [-0.1, -0.05) is 6.92 Å². The molecule has 0 saturated heterocycles. The molecule has 2 N–H and O–H groups in total. The van der Waals surface area contributed by atoms with Gasteiger partial charge in [0.15, 0.2) is 0 Å². The van der Waals surface area contributed by atoms with E-state index < -0.39 is 0 Å². The molecule has 0 aliphatic carbocycles. The lowest BCUT2D eigenvalue weighted by Gasteiger charge is -2.09. The molecular formula is C7H17NO2. The van der Waals surface area contributed by atoms with Crippen LogP contribution >= 0.6 is 0 Å². The van der Waals surface area contributed by atoms with Crippen LogP contribution in [0.25, 0.3) is 0 Å². The second-order valence-corrected chi connectivity index (χ2v) is 2.01. The molecule has 62 valence electrons. The summed E-state index contributed by atoms with van der Waals surface area (Å²) < 4.78 is 10.2. The van der Waals surface area contributed by atoms with Crippen LogP contribution in [0.5, 0.6) is 0 Å². The van der Waals surface area contributed by atoms with Gasteiger partial charge in [0.25, 0.3) is 0 Å². The molecule has 0 aliphatic rings. The Labute approximate surface area is 62.5 Å². The quantitative estimate of drug-likeness (QED) is 0.445. The van der Waals surface area contributed by atoms with Crippen molar-refractivity contribution in [2.24, 2.45) is 5.73 Å². The molecule has 0 aromatic rings. The van der Waals surface area contributed by atoms with Crippen molar-refractivity contribution in [2.45, 2.75) is 26.5 Å². The molecule has 0 aromatic carbocycles. The molecule has 1 atom stereocenters. The van der Waals surface area contributed by atoms with Crippen molar-refractivity contribution in [3.05, 3.63) is 0 Å². The molecule has 0 rings (SSSR count). The average Bonchev–Trinajstić information content (AvgIpc) is 1.98. The molecule has 0 spiro atoms. The Morgan fingerprint density at radius 3 is 2.50 bits per heavy atom. The van der Waals surface area contributed by atoms with Crippen molar-refractivity contribution in [3.8, 4) is 0 Å². The van der Waals surface area contributed by atoms with Crippen molar-refractivity contribution in [1.82, 2.24) is 0 Å². The molecule has 0 fully saturated rings. The summed E-state index contributed by atoms with van der Waals surface area (Å²) in [4.78, 5) is 0. The minimum Gasteiger partial charge on any atom is -0.379 e. The van der Waals surface area contributed by atoms with Gasteiger partial charge in [0, 0.05) is 6.61 Å². The Balaban J connectivity index is 2.89. The Morgan fingerprint density at radius 1 is 1.30 bits per heavy atom. The summed E-state index contributed by atoms with van der Waals surface area (Å²) >= 11 is 0. The van der Waals surface area contributed by atoms with Crippen molar-refractivity contribution in [2.75, 3.05) is 19.8 Å². The van der Waals surface area contributed by atoms with Gasteiger partial charge in [-0.3, -0.25) is 0 Å². The van der Waals surface area contributed by atoms with E-state index in [1.807, 2.05) is 13.8 Å². The lowest BCUT2D eigenvalue weighted by Crippen LogP contribution is -2.24. The highest BCUT2D eigenvalue weighted by Crippen LogP contribution is 1.88. The molecule has 0 saturated carbocycles. The molecule has 0 aliphatic heterocycles. The van der Waals surface area contributed by atoms with Crippen LogP contribution in [0.15, 0.2) is 0 Å². The van der Waals surface area contributed by atoms with E-state index in [0.29, 0.717) is 13.2 Å². The maximum absolute atomic E-state index is 5.48. The summed E-state index contributed by atoms with van der Waals surface area (Å²) in [7, 11) is 0. The van der Waals surface area contributed by atoms with E-state index in [1.165, 1.54) is 0 Å². The molecule has 0 radical (unpaired) electrons. The minimum atomic E-state index is -0.125. The molecule has 10 heavy (non-hydrogen) atoms. The lowest BCUT2D eigenvalue weighted by atomic mass is 10.4. The molecular weight excluding hydrogens is 130 g/mol. The van der Waals surface area contributed by atoms with Gasteiger partial charge < -0.3 is 15.2 Å². The Morgan fingerprint density at radius 2 is 2.00 bits per heavy atom. The van der Waals surface area contributed by atoms with Gasteiger partial charge in [0.2, 0.25) is 0 Å². The standard InChI is InChI=1S/C7H17NO2/c1-3-7(8)10-6-5-9-4-2/h7H,3-6,8H2,1-2H3. The number of hydrogen-bond donors (Lipinski definition) is 1. The molecule has 0 aromatic heterocycles. The monoisotopic (exact) mass is 147 g/mol. The molecule has 3 nitrogen and oxygen atoms in total. The fourth-order valence-electron chi connectivity index (χ4n) is 0.521. The molecule has 3 heteroatoms. The predicted octanol–water partition coefficient (Wildman–Crippen LogP) is 0.734. The zero-order valence-electron chi connectivity index (χ0n) is 6.80. The highest BCUT2D eigenvalue weighted by molar-refractivity contribution is 4.40. The second-order valence-electron chi connectivity index (χ2n) is 2.01. The number of nitrogens with two attached hydrogens (primary N) is 1. The van der Waals surface area contributed by atoms with Gasteiger partial charge >= 0.3 is 0 Å². The maximum atomic E-state index is 5.48. The van der Waals surface area contributed by atoms with Crippen LogP contribution in [-0.2, 0) is 9.47 Å². The van der Waals surface area contributed by atoms with Crippen molar-refractivity contribution in [3.63, 3.8) is 0 Å². The summed E-state index contributed by atoms with van der Waals surface area (Å²) in [6, 6.07) is 0. The first kappa shape index (κ1) is 9.88. The van der Waals surface area contributed by atoms with E-state index >= 15 is 0 Å². The van der Waals surface area contributed by atoms with Gasteiger partial charge in [-0.05, 0) is 13.3 Å².